The Bertz CT molecular complexity index is 871. The van der Waals surface area contributed by atoms with E-state index in [1.807, 2.05) is 19.1 Å². The van der Waals surface area contributed by atoms with Crippen molar-refractivity contribution in [2.24, 2.45) is 0 Å². The zero-order chi connectivity index (χ0) is 15.1. The molecular weight excluding hydrogens is 400 g/mol. The molecule has 1 aromatic carbocycles. The molecule has 0 aliphatic heterocycles. The number of fused-ring (bicyclic) bond motifs is 3. The van der Waals surface area contributed by atoms with Gasteiger partial charge in [-0.2, -0.15) is 0 Å². The van der Waals surface area contributed by atoms with Crippen LogP contribution in [0.25, 0.3) is 21.8 Å². The predicted molar refractivity (Wildman–Crippen MR) is 89.7 cm³/mol. The maximum atomic E-state index is 12.0. The summed E-state index contributed by atoms with van der Waals surface area (Å²) in [6, 6.07) is 4.01. The molecule has 0 aliphatic rings. The lowest BCUT2D eigenvalue weighted by molar-refractivity contribution is 0.0519. The third kappa shape index (κ3) is 2.36. The number of hydrogen-bond donors (Lipinski definition) is 1. The van der Waals surface area contributed by atoms with Crippen LogP contribution in [0, 0.1) is 6.92 Å². The number of rotatable bonds is 2. The van der Waals surface area contributed by atoms with Crippen LogP contribution in [0.3, 0.4) is 0 Å². The number of ether oxygens (including phenoxy) is 1. The fraction of sp³-hybridized carbons (Fsp3) is 0.200. The van der Waals surface area contributed by atoms with E-state index in [0.29, 0.717) is 12.3 Å². The molecule has 0 aliphatic carbocycles. The average Bonchev–Trinajstić information content (AvgIpc) is 2.79. The molecule has 0 saturated carbocycles. The topological polar surface area (TPSA) is 55.0 Å². The maximum Gasteiger partial charge on any atom is 0.357 e. The first-order chi connectivity index (χ1) is 10.0. The van der Waals surface area contributed by atoms with E-state index in [9.17, 15) is 4.79 Å². The number of carbonyl (C=O) groups is 1. The molecule has 2 aromatic heterocycles. The number of aromatic amines is 1. The van der Waals surface area contributed by atoms with Crippen LogP contribution in [0.1, 0.15) is 23.0 Å². The second-order valence-electron chi connectivity index (χ2n) is 4.68. The predicted octanol–water partition coefficient (Wildman–Crippen LogP) is 4.73. The Labute approximate surface area is 138 Å². The quantitative estimate of drug-likeness (QED) is 0.620. The smallest absolute Gasteiger partial charge is 0.357 e. The highest BCUT2D eigenvalue weighted by Gasteiger charge is 2.18. The highest BCUT2D eigenvalue weighted by molar-refractivity contribution is 9.11. The summed E-state index contributed by atoms with van der Waals surface area (Å²) in [7, 11) is 0. The van der Waals surface area contributed by atoms with Crippen molar-refractivity contribution in [1.29, 1.82) is 0 Å². The molecular formula is C15H12Br2N2O2. The van der Waals surface area contributed by atoms with Crippen LogP contribution in [-0.2, 0) is 4.74 Å². The summed E-state index contributed by atoms with van der Waals surface area (Å²) < 4.78 is 6.99. The van der Waals surface area contributed by atoms with E-state index >= 15 is 0 Å². The summed E-state index contributed by atoms with van der Waals surface area (Å²) >= 11 is 7.05. The lowest BCUT2D eigenvalue weighted by Gasteiger charge is -2.05. The number of pyridine rings is 1. The summed E-state index contributed by atoms with van der Waals surface area (Å²) in [5.41, 5.74) is 3.07. The number of aromatic nitrogens is 2. The van der Waals surface area contributed by atoms with Crippen molar-refractivity contribution in [1.82, 2.24) is 9.97 Å². The second-order valence-corrected chi connectivity index (χ2v) is 6.45. The Balaban J connectivity index is 2.36. The molecule has 0 bridgehead atoms. The van der Waals surface area contributed by atoms with Crippen LogP contribution in [0.2, 0.25) is 0 Å². The highest BCUT2D eigenvalue weighted by Crippen LogP contribution is 2.35. The van der Waals surface area contributed by atoms with Crippen molar-refractivity contribution >= 4 is 59.6 Å². The van der Waals surface area contributed by atoms with Crippen LogP contribution in [0.15, 0.2) is 27.3 Å². The van der Waals surface area contributed by atoms with E-state index in [-0.39, 0.29) is 5.97 Å². The first kappa shape index (κ1) is 14.5. The minimum Gasteiger partial charge on any atom is -0.461 e. The lowest BCUT2D eigenvalue weighted by Crippen LogP contribution is -2.09. The van der Waals surface area contributed by atoms with E-state index in [2.05, 4.69) is 41.8 Å². The minimum absolute atomic E-state index is 0.336. The Kier molecular flexibility index (Phi) is 3.75. The van der Waals surface area contributed by atoms with Crippen LogP contribution in [0.5, 0.6) is 0 Å². The van der Waals surface area contributed by atoms with Gasteiger partial charge >= 0.3 is 5.97 Å². The maximum absolute atomic E-state index is 12.0. The lowest BCUT2D eigenvalue weighted by atomic mass is 10.1. The Morgan fingerprint density at radius 2 is 2.14 bits per heavy atom. The van der Waals surface area contributed by atoms with Gasteiger partial charge in [-0.3, -0.25) is 0 Å². The number of esters is 1. The fourth-order valence-corrected chi connectivity index (χ4v) is 3.81. The van der Waals surface area contributed by atoms with Crippen molar-refractivity contribution in [3.8, 4) is 0 Å². The Hall–Kier alpha value is -1.40. The number of benzene rings is 1. The molecule has 0 spiro atoms. The summed E-state index contributed by atoms with van der Waals surface area (Å²) in [5.74, 6) is -0.389. The van der Waals surface area contributed by atoms with Crippen molar-refractivity contribution in [2.45, 2.75) is 13.8 Å². The zero-order valence-electron chi connectivity index (χ0n) is 11.5. The standard InChI is InChI=1S/C15H12Br2N2O2/c1-3-21-15(20)13-7(2)12-9-4-8(16)5-10(17)14(9)19-11(12)6-18-13/h4-6,19H,3H2,1-2H3. The summed E-state index contributed by atoms with van der Waals surface area (Å²) in [4.78, 5) is 19.6. The number of aryl methyl sites for hydroxylation is 1. The van der Waals surface area contributed by atoms with Crippen LogP contribution in [0.4, 0.5) is 0 Å². The summed E-state index contributed by atoms with van der Waals surface area (Å²) in [6.07, 6.45) is 1.68. The monoisotopic (exact) mass is 410 g/mol. The van der Waals surface area contributed by atoms with Gasteiger partial charge in [0.05, 0.1) is 23.8 Å². The Morgan fingerprint density at radius 3 is 2.86 bits per heavy atom. The van der Waals surface area contributed by atoms with E-state index in [1.54, 1.807) is 13.1 Å². The third-order valence-corrected chi connectivity index (χ3v) is 4.46. The first-order valence-electron chi connectivity index (χ1n) is 6.46. The normalized spacial score (nSPS) is 11.2. The van der Waals surface area contributed by atoms with E-state index < -0.39 is 0 Å². The summed E-state index contributed by atoms with van der Waals surface area (Å²) in [5, 5.41) is 2.03. The largest absolute Gasteiger partial charge is 0.461 e. The van der Waals surface area contributed by atoms with Gasteiger partial charge in [0, 0.05) is 19.7 Å². The molecule has 21 heavy (non-hydrogen) atoms. The molecule has 0 unspecified atom stereocenters. The molecule has 0 radical (unpaired) electrons. The molecule has 108 valence electrons. The SMILES string of the molecule is CCOC(=O)c1ncc2[nH]c3c(Br)cc(Br)cc3c2c1C. The van der Waals surface area contributed by atoms with E-state index in [0.717, 1.165) is 36.3 Å². The van der Waals surface area contributed by atoms with Crippen molar-refractivity contribution < 1.29 is 9.53 Å². The molecule has 2 heterocycles. The number of hydrogen-bond acceptors (Lipinski definition) is 3. The van der Waals surface area contributed by atoms with Crippen molar-refractivity contribution in [2.75, 3.05) is 6.61 Å². The zero-order valence-corrected chi connectivity index (χ0v) is 14.6. The number of nitrogens with zero attached hydrogens (tertiary/aromatic N) is 1. The van der Waals surface area contributed by atoms with Gasteiger partial charge in [-0.05, 0) is 47.5 Å². The van der Waals surface area contributed by atoms with Gasteiger partial charge in [-0.15, -0.1) is 0 Å². The molecule has 1 N–H and O–H groups in total. The third-order valence-electron chi connectivity index (χ3n) is 3.38. The molecule has 0 saturated heterocycles. The number of nitrogens with one attached hydrogen (secondary N) is 1. The molecule has 0 atom stereocenters. The van der Waals surface area contributed by atoms with Gasteiger partial charge in [0.1, 0.15) is 0 Å². The number of carbonyl (C=O) groups excluding carboxylic acids is 1. The van der Waals surface area contributed by atoms with Gasteiger partial charge in [0.15, 0.2) is 5.69 Å². The Morgan fingerprint density at radius 1 is 1.38 bits per heavy atom. The number of halogens is 2. The molecule has 0 amide bonds. The summed E-state index contributed by atoms with van der Waals surface area (Å²) in [6.45, 7) is 4.01. The first-order valence-corrected chi connectivity index (χ1v) is 8.04. The molecule has 3 aromatic rings. The van der Waals surface area contributed by atoms with Crippen molar-refractivity contribution in [3.05, 3.63) is 38.5 Å². The van der Waals surface area contributed by atoms with Crippen LogP contribution in [-0.4, -0.2) is 22.5 Å². The van der Waals surface area contributed by atoms with Crippen LogP contribution < -0.4 is 0 Å². The van der Waals surface area contributed by atoms with Crippen molar-refractivity contribution in [3.63, 3.8) is 0 Å². The van der Waals surface area contributed by atoms with Gasteiger partial charge in [-0.25, -0.2) is 9.78 Å². The van der Waals surface area contributed by atoms with Crippen LogP contribution >= 0.6 is 31.9 Å². The van der Waals surface area contributed by atoms with E-state index in [1.165, 1.54) is 0 Å². The van der Waals surface area contributed by atoms with Gasteiger partial charge < -0.3 is 9.72 Å². The highest BCUT2D eigenvalue weighted by atomic mass is 79.9. The van der Waals surface area contributed by atoms with Gasteiger partial charge in [0.2, 0.25) is 0 Å². The molecule has 4 nitrogen and oxygen atoms in total. The van der Waals surface area contributed by atoms with E-state index in [4.69, 9.17) is 4.74 Å². The molecule has 6 heteroatoms. The second kappa shape index (κ2) is 5.42. The average molecular weight is 412 g/mol. The molecule has 3 rings (SSSR count). The minimum atomic E-state index is -0.389. The number of H-pyrrole nitrogens is 1. The fourth-order valence-electron chi connectivity index (χ4n) is 2.49. The van der Waals surface area contributed by atoms with Gasteiger partial charge in [0.25, 0.3) is 0 Å². The molecule has 0 fully saturated rings. The van der Waals surface area contributed by atoms with Gasteiger partial charge in [-0.1, -0.05) is 15.9 Å².